The number of likely N-dealkylation sites (N-methyl/N-ethyl adjacent to an activating group) is 1. The van der Waals surface area contributed by atoms with Crippen molar-refractivity contribution >= 4 is 23.4 Å². The molecule has 0 saturated carbocycles. The number of hydrogen-bond donors (Lipinski definition) is 1. The average molecular weight is 400 g/mol. The van der Waals surface area contributed by atoms with Crippen molar-refractivity contribution in [1.82, 2.24) is 10.3 Å². The predicted octanol–water partition coefficient (Wildman–Crippen LogP) is 3.15. The summed E-state index contributed by atoms with van der Waals surface area (Å²) in [7, 11) is 1.64. The van der Waals surface area contributed by atoms with Crippen molar-refractivity contribution in [3.63, 3.8) is 0 Å². The van der Waals surface area contributed by atoms with E-state index in [4.69, 9.17) is 4.74 Å². The molecule has 30 heavy (non-hydrogen) atoms. The van der Waals surface area contributed by atoms with Gasteiger partial charge in [-0.25, -0.2) is 9.79 Å². The van der Waals surface area contributed by atoms with Crippen LogP contribution >= 0.6 is 0 Å². The van der Waals surface area contributed by atoms with E-state index in [1.165, 1.54) is 4.90 Å². The lowest BCUT2D eigenvalue weighted by Crippen LogP contribution is -2.46. The fourth-order valence-electron chi connectivity index (χ4n) is 3.21. The highest BCUT2D eigenvalue weighted by molar-refractivity contribution is 6.20. The van der Waals surface area contributed by atoms with Gasteiger partial charge in [0.25, 0.3) is 5.91 Å². The number of amides is 2. The number of alkyl carbamates (subject to hydrolysis) is 1. The van der Waals surface area contributed by atoms with Gasteiger partial charge in [-0.3, -0.25) is 15.1 Å². The Kier molecular flexibility index (Phi) is 5.52. The van der Waals surface area contributed by atoms with Crippen molar-refractivity contribution in [2.75, 3.05) is 11.9 Å². The summed E-state index contributed by atoms with van der Waals surface area (Å²) < 4.78 is 5.27. The molecule has 2 amide bonds. The molecule has 0 radical (unpaired) electrons. The number of benzene rings is 2. The highest BCUT2D eigenvalue weighted by Crippen LogP contribution is 2.26. The van der Waals surface area contributed by atoms with Gasteiger partial charge in [-0.05, 0) is 11.6 Å². The number of fused-ring (bicyclic) bond motifs is 1. The molecule has 2 aromatic carbocycles. The normalized spacial score (nSPS) is 15.6. The molecule has 4 rings (SSSR count). The number of aromatic nitrogens is 1. The molecule has 0 saturated heterocycles. The summed E-state index contributed by atoms with van der Waals surface area (Å²) in [6.07, 6.45) is 1.42. The zero-order valence-corrected chi connectivity index (χ0v) is 16.4. The second kappa shape index (κ2) is 8.57. The fraction of sp³-hybridized carbons (Fsp3) is 0.130. The Morgan fingerprint density at radius 2 is 1.77 bits per heavy atom. The summed E-state index contributed by atoms with van der Waals surface area (Å²) >= 11 is 0. The van der Waals surface area contributed by atoms with Crippen LogP contribution in [0.3, 0.4) is 0 Å². The monoisotopic (exact) mass is 400 g/mol. The first-order valence-corrected chi connectivity index (χ1v) is 9.46. The van der Waals surface area contributed by atoms with Gasteiger partial charge in [0.2, 0.25) is 6.17 Å². The molecule has 1 unspecified atom stereocenters. The molecular weight excluding hydrogens is 380 g/mol. The van der Waals surface area contributed by atoms with E-state index in [2.05, 4.69) is 15.3 Å². The maximum Gasteiger partial charge on any atom is 0.409 e. The molecule has 7 heteroatoms. The van der Waals surface area contributed by atoms with Crippen LogP contribution in [0.4, 0.5) is 10.5 Å². The zero-order valence-electron chi connectivity index (χ0n) is 16.4. The van der Waals surface area contributed by atoms with Gasteiger partial charge in [0.15, 0.2) is 0 Å². The van der Waals surface area contributed by atoms with Crippen molar-refractivity contribution in [3.8, 4) is 0 Å². The molecule has 1 atom stereocenters. The summed E-state index contributed by atoms with van der Waals surface area (Å²) in [5.41, 5.74) is 3.65. The quantitative estimate of drug-likeness (QED) is 0.729. The number of nitrogens with one attached hydrogen (secondary N) is 1. The number of carbonyl (C=O) groups excluding carboxylic acids is 2. The van der Waals surface area contributed by atoms with Gasteiger partial charge in [-0.15, -0.1) is 0 Å². The van der Waals surface area contributed by atoms with Gasteiger partial charge in [0.1, 0.15) is 6.61 Å². The summed E-state index contributed by atoms with van der Waals surface area (Å²) in [4.78, 5) is 35.6. The number of ether oxygens (including phenoxy) is 1. The minimum absolute atomic E-state index is 0.100. The van der Waals surface area contributed by atoms with E-state index >= 15 is 0 Å². The number of nitrogens with zero attached hydrogens (tertiary/aromatic N) is 3. The van der Waals surface area contributed by atoms with Crippen LogP contribution in [0.1, 0.15) is 16.7 Å². The molecule has 2 heterocycles. The van der Waals surface area contributed by atoms with Crippen molar-refractivity contribution in [3.05, 3.63) is 95.8 Å². The maximum atomic E-state index is 13.0. The Labute approximate surface area is 174 Å². The molecule has 1 aromatic heterocycles. The Balaban J connectivity index is 1.62. The first kappa shape index (κ1) is 19.3. The number of carbonyl (C=O) groups is 2. The standard InChI is InChI=1S/C23H20N4O3/c1-27-19-14-24-13-12-18(19)20(17-10-6-3-7-11-17)25-21(22(27)28)26-23(29)30-15-16-8-4-2-5-9-16/h2-14,21H,15H2,1H3,(H,26,29). The van der Waals surface area contributed by atoms with Crippen LogP contribution in [0.25, 0.3) is 0 Å². The summed E-state index contributed by atoms with van der Waals surface area (Å²) in [5.74, 6) is -0.383. The van der Waals surface area contributed by atoms with Crippen LogP contribution in [0, 0.1) is 0 Å². The van der Waals surface area contributed by atoms with E-state index in [1.807, 2.05) is 60.7 Å². The number of hydrogen-bond acceptors (Lipinski definition) is 5. The lowest BCUT2D eigenvalue weighted by molar-refractivity contribution is -0.120. The predicted molar refractivity (Wildman–Crippen MR) is 113 cm³/mol. The lowest BCUT2D eigenvalue weighted by atomic mass is 10.0. The van der Waals surface area contributed by atoms with E-state index in [0.29, 0.717) is 11.4 Å². The first-order valence-electron chi connectivity index (χ1n) is 9.46. The minimum atomic E-state index is -1.12. The van der Waals surface area contributed by atoms with Crippen molar-refractivity contribution in [2.24, 2.45) is 4.99 Å². The molecule has 1 aliphatic heterocycles. The third-order valence-electron chi connectivity index (χ3n) is 4.75. The number of aliphatic imine (C=N–C) groups is 1. The van der Waals surface area contributed by atoms with Gasteiger partial charge in [-0.2, -0.15) is 0 Å². The average Bonchev–Trinajstić information content (AvgIpc) is 2.90. The number of pyridine rings is 1. The van der Waals surface area contributed by atoms with E-state index in [0.717, 1.165) is 16.7 Å². The highest BCUT2D eigenvalue weighted by Gasteiger charge is 2.31. The van der Waals surface area contributed by atoms with Gasteiger partial charge in [0.05, 0.1) is 17.6 Å². The number of rotatable bonds is 4. The largest absolute Gasteiger partial charge is 0.445 e. The molecule has 0 aliphatic carbocycles. The maximum absolute atomic E-state index is 13.0. The lowest BCUT2D eigenvalue weighted by Gasteiger charge is -2.20. The smallest absolute Gasteiger partial charge is 0.409 e. The van der Waals surface area contributed by atoms with Crippen molar-refractivity contribution in [1.29, 1.82) is 0 Å². The molecule has 0 bridgehead atoms. The van der Waals surface area contributed by atoms with Crippen LogP contribution in [-0.4, -0.2) is 35.9 Å². The van der Waals surface area contributed by atoms with Crippen LogP contribution in [0.5, 0.6) is 0 Å². The van der Waals surface area contributed by atoms with E-state index < -0.39 is 12.3 Å². The first-order chi connectivity index (χ1) is 14.6. The SMILES string of the molecule is CN1C(=O)C(NC(=O)OCc2ccccc2)N=C(c2ccccc2)c2ccncc21. The topological polar surface area (TPSA) is 83.9 Å². The molecule has 1 aliphatic rings. The molecule has 0 fully saturated rings. The molecule has 0 spiro atoms. The van der Waals surface area contributed by atoms with Crippen LogP contribution in [-0.2, 0) is 16.1 Å². The minimum Gasteiger partial charge on any atom is -0.445 e. The second-order valence-corrected chi connectivity index (χ2v) is 6.74. The Bertz CT molecular complexity index is 1080. The molecule has 7 nitrogen and oxygen atoms in total. The Hall–Kier alpha value is -4.00. The van der Waals surface area contributed by atoms with E-state index in [1.54, 1.807) is 25.5 Å². The van der Waals surface area contributed by atoms with E-state index in [-0.39, 0.29) is 12.5 Å². The van der Waals surface area contributed by atoms with Crippen LogP contribution in [0.2, 0.25) is 0 Å². The van der Waals surface area contributed by atoms with Gasteiger partial charge >= 0.3 is 6.09 Å². The third kappa shape index (κ3) is 4.05. The van der Waals surface area contributed by atoms with Crippen molar-refractivity contribution < 1.29 is 14.3 Å². The van der Waals surface area contributed by atoms with Crippen LogP contribution < -0.4 is 10.2 Å². The Morgan fingerprint density at radius 3 is 2.50 bits per heavy atom. The van der Waals surface area contributed by atoms with E-state index in [9.17, 15) is 9.59 Å². The summed E-state index contributed by atoms with van der Waals surface area (Å²) in [6, 6.07) is 20.6. The van der Waals surface area contributed by atoms with Gasteiger partial charge < -0.3 is 9.64 Å². The van der Waals surface area contributed by atoms with Gasteiger partial charge in [-0.1, -0.05) is 60.7 Å². The summed E-state index contributed by atoms with van der Waals surface area (Å²) in [6.45, 7) is 0.100. The number of anilines is 1. The molecular formula is C23H20N4O3. The Morgan fingerprint density at radius 1 is 1.07 bits per heavy atom. The zero-order chi connectivity index (χ0) is 20.9. The fourth-order valence-corrected chi connectivity index (χ4v) is 3.21. The second-order valence-electron chi connectivity index (χ2n) is 6.74. The third-order valence-corrected chi connectivity index (χ3v) is 4.75. The van der Waals surface area contributed by atoms with Crippen LogP contribution in [0.15, 0.2) is 84.1 Å². The molecule has 1 N–H and O–H groups in total. The summed E-state index contributed by atoms with van der Waals surface area (Å²) in [5, 5.41) is 2.58. The van der Waals surface area contributed by atoms with Crippen molar-refractivity contribution in [2.45, 2.75) is 12.8 Å². The van der Waals surface area contributed by atoms with Gasteiger partial charge in [0, 0.05) is 24.4 Å². The molecule has 150 valence electrons. The highest BCUT2D eigenvalue weighted by atomic mass is 16.5. The molecule has 3 aromatic rings.